The molecule has 1 aliphatic heterocycles. The predicted molar refractivity (Wildman–Crippen MR) is 57.6 cm³/mol. The maximum Gasteiger partial charge on any atom is 0.114 e. The lowest BCUT2D eigenvalue weighted by Gasteiger charge is -2.40. The Kier molecular flexibility index (Phi) is 2.33. The molecule has 1 aromatic carbocycles. The predicted octanol–water partition coefficient (Wildman–Crippen LogP) is 2.77. The molecule has 1 aliphatic rings. The summed E-state index contributed by atoms with van der Waals surface area (Å²) in [5.74, 6) is 0. The van der Waals surface area contributed by atoms with E-state index in [1.165, 1.54) is 11.1 Å². The molecule has 1 heterocycles. The van der Waals surface area contributed by atoms with Crippen LogP contribution in [-0.4, -0.2) is 18.2 Å². The Hall–Kier alpha value is -0.860. The molecular formula is C12H17NO. The number of rotatable bonds is 1. The van der Waals surface area contributed by atoms with Crippen molar-refractivity contribution in [2.75, 3.05) is 13.6 Å². The summed E-state index contributed by atoms with van der Waals surface area (Å²) in [6, 6.07) is 8.54. The van der Waals surface area contributed by atoms with Crippen LogP contribution in [0.3, 0.4) is 0 Å². The molecule has 0 radical (unpaired) electrons. The van der Waals surface area contributed by atoms with E-state index in [1.54, 1.807) is 7.05 Å². The molecule has 0 N–H and O–H groups in total. The van der Waals surface area contributed by atoms with Gasteiger partial charge in [0.05, 0.1) is 13.6 Å². The van der Waals surface area contributed by atoms with E-state index in [0.717, 1.165) is 19.4 Å². The topological polar surface area (TPSA) is 23.1 Å². The molecule has 1 aromatic rings. The fraction of sp³-hybridized carbons (Fsp3) is 0.500. The van der Waals surface area contributed by atoms with Gasteiger partial charge >= 0.3 is 0 Å². The van der Waals surface area contributed by atoms with Crippen molar-refractivity contribution in [3.8, 4) is 0 Å². The first-order valence-corrected chi connectivity index (χ1v) is 5.22. The van der Waals surface area contributed by atoms with E-state index in [9.17, 15) is 5.21 Å². The van der Waals surface area contributed by atoms with Gasteiger partial charge in [0.1, 0.15) is 6.04 Å². The normalized spacial score (nSPS) is 32.1. The van der Waals surface area contributed by atoms with Crippen LogP contribution in [-0.2, 0) is 0 Å². The largest absolute Gasteiger partial charge is 0.633 e. The van der Waals surface area contributed by atoms with Gasteiger partial charge in [-0.25, -0.2) is 0 Å². The van der Waals surface area contributed by atoms with Gasteiger partial charge in [0, 0.05) is 18.4 Å². The molecule has 1 fully saturated rings. The van der Waals surface area contributed by atoms with Crippen molar-refractivity contribution in [1.82, 2.24) is 0 Å². The molecule has 2 atom stereocenters. The summed E-state index contributed by atoms with van der Waals surface area (Å²) in [6.07, 6.45) is 2.08. The zero-order valence-electron chi connectivity index (χ0n) is 8.86. The summed E-state index contributed by atoms with van der Waals surface area (Å²) in [6.45, 7) is 2.84. The van der Waals surface area contributed by atoms with E-state index >= 15 is 0 Å². The van der Waals surface area contributed by atoms with Gasteiger partial charge in [-0.2, -0.15) is 0 Å². The van der Waals surface area contributed by atoms with Gasteiger partial charge in [-0.05, 0) is 6.92 Å². The molecule has 1 saturated heterocycles. The van der Waals surface area contributed by atoms with Crippen LogP contribution in [0.25, 0.3) is 0 Å². The third-order valence-electron chi connectivity index (χ3n) is 3.20. The molecule has 2 heteroatoms. The Morgan fingerprint density at radius 1 is 1.29 bits per heavy atom. The number of aryl methyl sites for hydroxylation is 1. The molecule has 0 bridgehead atoms. The van der Waals surface area contributed by atoms with Crippen LogP contribution >= 0.6 is 0 Å². The van der Waals surface area contributed by atoms with Gasteiger partial charge in [-0.15, -0.1) is 0 Å². The van der Waals surface area contributed by atoms with Crippen LogP contribution in [0.4, 0.5) is 0 Å². The lowest BCUT2D eigenvalue weighted by molar-refractivity contribution is -0.878. The van der Waals surface area contributed by atoms with Crippen LogP contribution in [0.2, 0.25) is 0 Å². The van der Waals surface area contributed by atoms with Crippen LogP contribution in [0, 0.1) is 12.1 Å². The van der Waals surface area contributed by atoms with Crippen LogP contribution in [0.15, 0.2) is 24.3 Å². The van der Waals surface area contributed by atoms with Gasteiger partial charge in [0.15, 0.2) is 0 Å². The van der Waals surface area contributed by atoms with Crippen molar-refractivity contribution < 1.29 is 4.65 Å². The van der Waals surface area contributed by atoms with Crippen LogP contribution in [0.5, 0.6) is 0 Å². The SMILES string of the molecule is Cc1ccc(C2CCC[N+]2(C)[O-])cc1. The number of likely N-dealkylation sites (tertiary alicyclic amines) is 1. The number of quaternary nitrogens is 1. The van der Waals surface area contributed by atoms with Gasteiger partial charge in [0.25, 0.3) is 0 Å². The fourth-order valence-electron chi connectivity index (χ4n) is 2.30. The highest BCUT2D eigenvalue weighted by atomic mass is 16.5. The summed E-state index contributed by atoms with van der Waals surface area (Å²) in [5, 5.41) is 12.1. The van der Waals surface area contributed by atoms with Crippen molar-refractivity contribution >= 4 is 0 Å². The lowest BCUT2D eigenvalue weighted by Crippen LogP contribution is -2.36. The Balaban J connectivity index is 2.27. The minimum Gasteiger partial charge on any atom is -0.633 e. The summed E-state index contributed by atoms with van der Waals surface area (Å²) in [5.41, 5.74) is 2.46. The zero-order chi connectivity index (χ0) is 10.2. The monoisotopic (exact) mass is 191 g/mol. The molecule has 0 aliphatic carbocycles. The molecule has 2 rings (SSSR count). The maximum absolute atomic E-state index is 12.1. The second-order valence-corrected chi connectivity index (χ2v) is 4.47. The Morgan fingerprint density at radius 3 is 2.43 bits per heavy atom. The van der Waals surface area contributed by atoms with Gasteiger partial charge in [-0.1, -0.05) is 29.8 Å². The average Bonchev–Trinajstić information content (AvgIpc) is 2.47. The molecule has 14 heavy (non-hydrogen) atoms. The first-order chi connectivity index (χ1) is 6.59. The molecule has 0 aromatic heterocycles. The first-order valence-electron chi connectivity index (χ1n) is 5.22. The number of hydroxylamine groups is 3. The second-order valence-electron chi connectivity index (χ2n) is 4.47. The Bertz CT molecular complexity index is 316. The Labute approximate surface area is 85.3 Å². The van der Waals surface area contributed by atoms with E-state index in [0.29, 0.717) is 0 Å². The minimum atomic E-state index is -0.0942. The average molecular weight is 191 g/mol. The van der Waals surface area contributed by atoms with Crippen molar-refractivity contribution in [2.24, 2.45) is 0 Å². The van der Waals surface area contributed by atoms with E-state index in [2.05, 4.69) is 31.2 Å². The summed E-state index contributed by atoms with van der Waals surface area (Å²) < 4.78 is -0.0942. The number of hydrogen-bond acceptors (Lipinski definition) is 1. The number of hydrogen-bond donors (Lipinski definition) is 0. The van der Waals surface area contributed by atoms with Gasteiger partial charge in [-0.3, -0.25) is 0 Å². The standard InChI is InChI=1S/C12H17NO/c1-10-5-7-11(8-6-10)12-4-3-9-13(12,2)14/h5-8,12H,3-4,9H2,1-2H3. The zero-order valence-corrected chi connectivity index (χ0v) is 8.86. The third kappa shape index (κ3) is 1.68. The first kappa shape index (κ1) is 9.69. The third-order valence-corrected chi connectivity index (χ3v) is 3.20. The minimum absolute atomic E-state index is 0.0942. The van der Waals surface area contributed by atoms with Crippen molar-refractivity contribution in [3.05, 3.63) is 40.6 Å². The van der Waals surface area contributed by atoms with Crippen LogP contribution < -0.4 is 0 Å². The molecule has 76 valence electrons. The summed E-state index contributed by atoms with van der Waals surface area (Å²) >= 11 is 0. The highest BCUT2D eigenvalue weighted by Gasteiger charge is 2.31. The van der Waals surface area contributed by atoms with E-state index in [-0.39, 0.29) is 10.7 Å². The number of benzene rings is 1. The molecule has 0 amide bonds. The molecular weight excluding hydrogens is 174 g/mol. The second kappa shape index (κ2) is 3.37. The van der Waals surface area contributed by atoms with Gasteiger partial charge < -0.3 is 9.85 Å². The highest BCUT2D eigenvalue weighted by molar-refractivity contribution is 5.23. The molecule has 0 spiro atoms. The fourth-order valence-corrected chi connectivity index (χ4v) is 2.30. The number of nitrogens with zero attached hydrogens (tertiary/aromatic N) is 1. The Morgan fingerprint density at radius 2 is 1.93 bits per heavy atom. The van der Waals surface area contributed by atoms with E-state index in [4.69, 9.17) is 0 Å². The lowest BCUT2D eigenvalue weighted by atomic mass is 10.0. The van der Waals surface area contributed by atoms with Crippen LogP contribution in [0.1, 0.15) is 30.0 Å². The maximum atomic E-state index is 12.1. The summed E-state index contributed by atoms with van der Waals surface area (Å²) in [4.78, 5) is 0. The molecule has 2 unspecified atom stereocenters. The summed E-state index contributed by atoms with van der Waals surface area (Å²) in [7, 11) is 1.79. The van der Waals surface area contributed by atoms with Crippen molar-refractivity contribution in [2.45, 2.75) is 25.8 Å². The van der Waals surface area contributed by atoms with E-state index < -0.39 is 0 Å². The van der Waals surface area contributed by atoms with Crippen molar-refractivity contribution in [3.63, 3.8) is 0 Å². The molecule has 2 nitrogen and oxygen atoms in total. The highest BCUT2D eigenvalue weighted by Crippen LogP contribution is 2.36. The smallest absolute Gasteiger partial charge is 0.114 e. The quantitative estimate of drug-likeness (QED) is 0.494. The molecule has 0 saturated carbocycles. The van der Waals surface area contributed by atoms with E-state index in [1.807, 2.05) is 0 Å². The van der Waals surface area contributed by atoms with Gasteiger partial charge in [0.2, 0.25) is 0 Å². The van der Waals surface area contributed by atoms with Crippen molar-refractivity contribution in [1.29, 1.82) is 0 Å².